The number of rotatable bonds is 4. The minimum Gasteiger partial charge on any atom is -0.507 e. The molecule has 0 bridgehead atoms. The van der Waals surface area contributed by atoms with Gasteiger partial charge in [-0.2, -0.15) is 0 Å². The van der Waals surface area contributed by atoms with Crippen molar-refractivity contribution >= 4 is 11.9 Å². The number of amides is 1. The highest BCUT2D eigenvalue weighted by atomic mass is 16.4. The molecule has 0 saturated heterocycles. The number of benzene rings is 1. The second kappa shape index (κ2) is 6.41. The van der Waals surface area contributed by atoms with Gasteiger partial charge in [0.25, 0.3) is 5.91 Å². The van der Waals surface area contributed by atoms with E-state index in [1.807, 2.05) is 0 Å². The van der Waals surface area contributed by atoms with Crippen LogP contribution in [0.1, 0.15) is 36.0 Å². The van der Waals surface area contributed by atoms with Crippen LogP contribution >= 0.6 is 0 Å². The number of aromatic hydroxyl groups is 1. The third kappa shape index (κ3) is 3.50. The SMILES string of the molecule is O=C(NCC1CCC(C(=O)O)CC1)c1ccccc1O. The van der Waals surface area contributed by atoms with Gasteiger partial charge in [-0.3, -0.25) is 9.59 Å². The summed E-state index contributed by atoms with van der Waals surface area (Å²) in [6.07, 6.45) is 2.98. The number of hydrogen-bond donors (Lipinski definition) is 3. The Morgan fingerprint density at radius 1 is 1.15 bits per heavy atom. The molecule has 1 aromatic carbocycles. The molecule has 20 heavy (non-hydrogen) atoms. The summed E-state index contributed by atoms with van der Waals surface area (Å²) in [5.41, 5.74) is 0.270. The molecule has 1 amide bonds. The molecule has 3 N–H and O–H groups in total. The summed E-state index contributed by atoms with van der Waals surface area (Å²) >= 11 is 0. The van der Waals surface area contributed by atoms with E-state index in [1.165, 1.54) is 6.07 Å². The average Bonchev–Trinajstić information content (AvgIpc) is 2.45. The van der Waals surface area contributed by atoms with E-state index in [0.717, 1.165) is 12.8 Å². The van der Waals surface area contributed by atoms with Crippen molar-refractivity contribution in [2.75, 3.05) is 6.54 Å². The Hall–Kier alpha value is -2.04. The van der Waals surface area contributed by atoms with Gasteiger partial charge in [0, 0.05) is 6.54 Å². The van der Waals surface area contributed by atoms with Crippen LogP contribution in [0.3, 0.4) is 0 Å². The van der Waals surface area contributed by atoms with Crippen LogP contribution in [0.5, 0.6) is 5.75 Å². The Labute approximate surface area is 117 Å². The number of carboxylic acid groups (broad SMARTS) is 1. The molecule has 0 spiro atoms. The van der Waals surface area contributed by atoms with E-state index < -0.39 is 5.97 Å². The second-order valence-corrected chi connectivity index (χ2v) is 5.28. The molecule has 0 aromatic heterocycles. The quantitative estimate of drug-likeness (QED) is 0.785. The van der Waals surface area contributed by atoms with Crippen molar-refractivity contribution in [2.24, 2.45) is 11.8 Å². The lowest BCUT2D eigenvalue weighted by molar-refractivity contribution is -0.143. The maximum absolute atomic E-state index is 11.9. The predicted octanol–water partition coefficient (Wildman–Crippen LogP) is 2.01. The van der Waals surface area contributed by atoms with Crippen molar-refractivity contribution < 1.29 is 19.8 Å². The maximum atomic E-state index is 11.9. The monoisotopic (exact) mass is 277 g/mol. The number of para-hydroxylation sites is 1. The number of carbonyl (C=O) groups is 2. The van der Waals surface area contributed by atoms with Crippen molar-refractivity contribution in [1.29, 1.82) is 0 Å². The van der Waals surface area contributed by atoms with Crippen LogP contribution < -0.4 is 5.32 Å². The molecule has 0 unspecified atom stereocenters. The van der Waals surface area contributed by atoms with Crippen LogP contribution in [-0.4, -0.2) is 28.6 Å². The fourth-order valence-corrected chi connectivity index (χ4v) is 2.61. The minimum absolute atomic E-state index is 0.0282. The predicted molar refractivity (Wildman–Crippen MR) is 73.5 cm³/mol. The normalized spacial score (nSPS) is 22.2. The summed E-state index contributed by atoms with van der Waals surface area (Å²) < 4.78 is 0. The van der Waals surface area contributed by atoms with Gasteiger partial charge in [-0.15, -0.1) is 0 Å². The van der Waals surface area contributed by atoms with E-state index in [-0.39, 0.29) is 23.1 Å². The molecule has 1 aliphatic rings. The Kier molecular flexibility index (Phi) is 4.61. The van der Waals surface area contributed by atoms with E-state index >= 15 is 0 Å². The summed E-state index contributed by atoms with van der Waals surface area (Å²) in [4.78, 5) is 22.8. The molecule has 0 aliphatic heterocycles. The average molecular weight is 277 g/mol. The zero-order valence-electron chi connectivity index (χ0n) is 11.2. The molecule has 1 saturated carbocycles. The second-order valence-electron chi connectivity index (χ2n) is 5.28. The van der Waals surface area contributed by atoms with Crippen molar-refractivity contribution in [3.05, 3.63) is 29.8 Å². The van der Waals surface area contributed by atoms with Gasteiger partial charge in [0.1, 0.15) is 5.75 Å². The number of hydrogen-bond acceptors (Lipinski definition) is 3. The topological polar surface area (TPSA) is 86.6 Å². The first-order valence-corrected chi connectivity index (χ1v) is 6.87. The maximum Gasteiger partial charge on any atom is 0.306 e. The smallest absolute Gasteiger partial charge is 0.306 e. The molecule has 108 valence electrons. The fraction of sp³-hybridized carbons (Fsp3) is 0.467. The van der Waals surface area contributed by atoms with E-state index in [4.69, 9.17) is 5.11 Å². The standard InChI is InChI=1S/C15H19NO4/c17-13-4-2-1-3-12(13)14(18)16-9-10-5-7-11(8-6-10)15(19)20/h1-4,10-11,17H,5-9H2,(H,16,18)(H,19,20). The zero-order valence-corrected chi connectivity index (χ0v) is 11.2. The Balaban J connectivity index is 1.80. The molecule has 0 heterocycles. The third-order valence-electron chi connectivity index (χ3n) is 3.90. The molecular weight excluding hydrogens is 258 g/mol. The number of carboxylic acids is 1. The summed E-state index contributed by atoms with van der Waals surface area (Å²) in [7, 11) is 0. The van der Waals surface area contributed by atoms with Crippen molar-refractivity contribution in [3.63, 3.8) is 0 Å². The van der Waals surface area contributed by atoms with Gasteiger partial charge in [0.15, 0.2) is 0 Å². The zero-order chi connectivity index (χ0) is 14.5. The Morgan fingerprint density at radius 3 is 2.40 bits per heavy atom. The summed E-state index contributed by atoms with van der Waals surface area (Å²) in [6, 6.07) is 6.42. The lowest BCUT2D eigenvalue weighted by atomic mass is 9.82. The number of aliphatic carboxylic acids is 1. The largest absolute Gasteiger partial charge is 0.507 e. The third-order valence-corrected chi connectivity index (χ3v) is 3.90. The fourth-order valence-electron chi connectivity index (χ4n) is 2.61. The van der Waals surface area contributed by atoms with Gasteiger partial charge in [0.05, 0.1) is 11.5 Å². The number of carbonyl (C=O) groups excluding carboxylic acids is 1. The van der Waals surface area contributed by atoms with Crippen LogP contribution in [-0.2, 0) is 4.79 Å². The lowest BCUT2D eigenvalue weighted by Gasteiger charge is -2.26. The summed E-state index contributed by atoms with van der Waals surface area (Å²) in [5.74, 6) is -0.953. The summed E-state index contributed by atoms with van der Waals surface area (Å²) in [5, 5.41) is 21.3. The van der Waals surface area contributed by atoms with Gasteiger partial charge in [-0.1, -0.05) is 12.1 Å². The van der Waals surface area contributed by atoms with Crippen molar-refractivity contribution in [1.82, 2.24) is 5.32 Å². The highest BCUT2D eigenvalue weighted by molar-refractivity contribution is 5.96. The Morgan fingerprint density at radius 2 is 1.80 bits per heavy atom. The van der Waals surface area contributed by atoms with Crippen LogP contribution in [0.4, 0.5) is 0 Å². The van der Waals surface area contributed by atoms with Gasteiger partial charge < -0.3 is 15.5 Å². The van der Waals surface area contributed by atoms with Crippen LogP contribution in [0.2, 0.25) is 0 Å². The van der Waals surface area contributed by atoms with Crippen LogP contribution in [0.25, 0.3) is 0 Å². The number of phenolic OH excluding ortho intramolecular Hbond substituents is 1. The van der Waals surface area contributed by atoms with Crippen molar-refractivity contribution in [2.45, 2.75) is 25.7 Å². The summed E-state index contributed by atoms with van der Waals surface area (Å²) in [6.45, 7) is 0.527. The van der Waals surface area contributed by atoms with E-state index in [0.29, 0.717) is 25.3 Å². The highest BCUT2D eigenvalue weighted by Crippen LogP contribution is 2.28. The van der Waals surface area contributed by atoms with E-state index in [2.05, 4.69) is 5.32 Å². The van der Waals surface area contributed by atoms with Gasteiger partial charge in [-0.05, 0) is 43.7 Å². The molecular formula is C15H19NO4. The number of phenols is 1. The molecule has 1 fully saturated rings. The lowest BCUT2D eigenvalue weighted by Crippen LogP contribution is -2.32. The van der Waals surface area contributed by atoms with Gasteiger partial charge in [-0.25, -0.2) is 0 Å². The molecule has 1 aromatic rings. The minimum atomic E-state index is -0.721. The molecule has 0 radical (unpaired) electrons. The first kappa shape index (κ1) is 14.4. The molecule has 1 aliphatic carbocycles. The first-order chi connectivity index (χ1) is 9.58. The van der Waals surface area contributed by atoms with E-state index in [9.17, 15) is 14.7 Å². The first-order valence-electron chi connectivity index (χ1n) is 6.87. The molecule has 5 nitrogen and oxygen atoms in total. The van der Waals surface area contributed by atoms with E-state index in [1.54, 1.807) is 18.2 Å². The van der Waals surface area contributed by atoms with Crippen LogP contribution in [0, 0.1) is 11.8 Å². The Bertz CT molecular complexity index is 492. The molecule has 2 rings (SSSR count). The van der Waals surface area contributed by atoms with Gasteiger partial charge in [0.2, 0.25) is 0 Å². The molecule has 5 heteroatoms. The number of nitrogens with one attached hydrogen (secondary N) is 1. The molecule has 0 atom stereocenters. The highest BCUT2D eigenvalue weighted by Gasteiger charge is 2.26. The van der Waals surface area contributed by atoms with Gasteiger partial charge >= 0.3 is 5.97 Å². The van der Waals surface area contributed by atoms with Crippen LogP contribution in [0.15, 0.2) is 24.3 Å². The van der Waals surface area contributed by atoms with Crippen molar-refractivity contribution in [3.8, 4) is 5.75 Å².